The monoisotopic (exact) mass is 253 g/mol. The van der Waals surface area contributed by atoms with Crippen LogP contribution in [0.3, 0.4) is 0 Å². The average Bonchev–Trinajstić information content (AvgIpc) is 3.09. The highest BCUT2D eigenvalue weighted by atomic mass is 32.2. The van der Waals surface area contributed by atoms with Crippen LogP contribution in [0.5, 0.6) is 0 Å². The number of nitrogens with two attached hydrogens (primary N) is 1. The highest BCUT2D eigenvalue weighted by Crippen LogP contribution is 2.51. The molecule has 0 atom stereocenters. The second-order valence-corrected chi connectivity index (χ2v) is 6.20. The van der Waals surface area contributed by atoms with Crippen LogP contribution in [0.4, 0.5) is 0 Å². The maximum atomic E-state index is 5.94. The normalized spacial score (nSPS) is 17.5. The fraction of sp³-hybridized carbons (Fsp3) is 0.538. The summed E-state index contributed by atoms with van der Waals surface area (Å²) in [6.45, 7) is 2.98. The van der Waals surface area contributed by atoms with E-state index >= 15 is 0 Å². The van der Waals surface area contributed by atoms with Crippen LogP contribution in [-0.2, 0) is 5.41 Å². The minimum Gasteiger partial charge on any atom is -0.330 e. The van der Waals surface area contributed by atoms with E-state index in [2.05, 4.69) is 31.6 Å². The number of hydrogen-bond donors (Lipinski definition) is 1. The summed E-state index contributed by atoms with van der Waals surface area (Å²) in [7, 11) is 0. The van der Waals surface area contributed by atoms with Crippen molar-refractivity contribution in [2.75, 3.05) is 19.1 Å². The van der Waals surface area contributed by atoms with Crippen LogP contribution in [0.1, 0.15) is 24.0 Å². The zero-order valence-electron chi connectivity index (χ0n) is 10.2. The molecule has 0 saturated heterocycles. The number of thioether (sulfide) groups is 2. The lowest BCUT2D eigenvalue weighted by Gasteiger charge is -2.19. The second-order valence-electron chi connectivity index (χ2n) is 4.51. The molecule has 0 heterocycles. The first kappa shape index (κ1) is 12.3. The highest BCUT2D eigenvalue weighted by molar-refractivity contribution is 7.99. The molecule has 0 bridgehead atoms. The lowest BCUT2D eigenvalue weighted by molar-refractivity contribution is 0.686. The van der Waals surface area contributed by atoms with E-state index in [1.165, 1.54) is 33.8 Å². The van der Waals surface area contributed by atoms with E-state index in [0.717, 1.165) is 6.54 Å². The minimum absolute atomic E-state index is 0.302. The van der Waals surface area contributed by atoms with E-state index in [9.17, 15) is 0 Å². The standard InChI is InChI=1S/C13H19NS2/c1-9-6-12(16-3)10(7-11(9)15-2)13(8-14)4-5-13/h6-7H,4-5,8,14H2,1-3H3. The van der Waals surface area contributed by atoms with Gasteiger partial charge in [0.25, 0.3) is 0 Å². The summed E-state index contributed by atoms with van der Waals surface area (Å²) < 4.78 is 0. The van der Waals surface area contributed by atoms with Crippen molar-refractivity contribution in [1.82, 2.24) is 0 Å². The molecule has 2 rings (SSSR count). The topological polar surface area (TPSA) is 26.0 Å². The average molecular weight is 253 g/mol. The smallest absolute Gasteiger partial charge is 0.0111 e. The Balaban J connectivity index is 2.50. The van der Waals surface area contributed by atoms with Crippen molar-refractivity contribution in [3.63, 3.8) is 0 Å². The molecule has 0 unspecified atom stereocenters. The number of benzene rings is 1. The first-order valence-corrected chi connectivity index (χ1v) is 8.05. The van der Waals surface area contributed by atoms with E-state index in [1.54, 1.807) is 0 Å². The number of aryl methyl sites for hydroxylation is 1. The summed E-state index contributed by atoms with van der Waals surface area (Å²) in [5.41, 5.74) is 9.11. The molecule has 16 heavy (non-hydrogen) atoms. The van der Waals surface area contributed by atoms with Crippen molar-refractivity contribution in [2.24, 2.45) is 5.73 Å². The molecule has 1 aromatic rings. The van der Waals surface area contributed by atoms with E-state index in [4.69, 9.17) is 5.73 Å². The molecule has 1 fully saturated rings. The van der Waals surface area contributed by atoms with Gasteiger partial charge in [0.2, 0.25) is 0 Å². The zero-order chi connectivity index (χ0) is 11.8. The van der Waals surface area contributed by atoms with Gasteiger partial charge in [0, 0.05) is 21.8 Å². The summed E-state index contributed by atoms with van der Waals surface area (Å²) in [4.78, 5) is 2.81. The van der Waals surface area contributed by atoms with Crippen molar-refractivity contribution in [3.8, 4) is 0 Å². The van der Waals surface area contributed by atoms with Gasteiger partial charge in [-0.05, 0) is 55.5 Å². The third kappa shape index (κ3) is 2.01. The fourth-order valence-electron chi connectivity index (χ4n) is 2.20. The van der Waals surface area contributed by atoms with Crippen LogP contribution in [-0.4, -0.2) is 19.1 Å². The molecular weight excluding hydrogens is 234 g/mol. The largest absolute Gasteiger partial charge is 0.330 e. The van der Waals surface area contributed by atoms with E-state index in [1.807, 2.05) is 23.5 Å². The molecule has 1 aliphatic rings. The van der Waals surface area contributed by atoms with Crippen LogP contribution >= 0.6 is 23.5 Å². The molecule has 1 nitrogen and oxygen atoms in total. The Morgan fingerprint density at radius 2 is 1.81 bits per heavy atom. The van der Waals surface area contributed by atoms with Crippen molar-refractivity contribution in [1.29, 1.82) is 0 Å². The second kappa shape index (κ2) is 4.63. The molecule has 0 radical (unpaired) electrons. The molecule has 0 amide bonds. The molecule has 1 aromatic carbocycles. The van der Waals surface area contributed by atoms with Gasteiger partial charge < -0.3 is 5.73 Å². The van der Waals surface area contributed by atoms with Gasteiger partial charge in [-0.1, -0.05) is 0 Å². The number of hydrogen-bond acceptors (Lipinski definition) is 3. The van der Waals surface area contributed by atoms with Crippen LogP contribution in [0.2, 0.25) is 0 Å². The lowest BCUT2D eigenvalue weighted by atomic mass is 9.95. The molecule has 1 aliphatic carbocycles. The van der Waals surface area contributed by atoms with Gasteiger partial charge in [-0.3, -0.25) is 0 Å². The van der Waals surface area contributed by atoms with Crippen molar-refractivity contribution < 1.29 is 0 Å². The Hall–Kier alpha value is -0.120. The first-order valence-electron chi connectivity index (χ1n) is 5.60. The predicted molar refractivity (Wildman–Crippen MR) is 74.7 cm³/mol. The van der Waals surface area contributed by atoms with Crippen LogP contribution in [0, 0.1) is 6.92 Å². The van der Waals surface area contributed by atoms with Gasteiger partial charge in [0.15, 0.2) is 0 Å². The molecule has 3 heteroatoms. The van der Waals surface area contributed by atoms with E-state index in [-0.39, 0.29) is 0 Å². The Labute approximate surface area is 107 Å². The zero-order valence-corrected chi connectivity index (χ0v) is 11.8. The molecular formula is C13H19NS2. The van der Waals surface area contributed by atoms with Gasteiger partial charge in [-0.25, -0.2) is 0 Å². The molecule has 2 N–H and O–H groups in total. The Morgan fingerprint density at radius 1 is 1.19 bits per heavy atom. The minimum atomic E-state index is 0.302. The van der Waals surface area contributed by atoms with Gasteiger partial charge in [-0.2, -0.15) is 0 Å². The maximum Gasteiger partial charge on any atom is 0.0111 e. The predicted octanol–water partition coefficient (Wildman–Crippen LogP) is 3.43. The highest BCUT2D eigenvalue weighted by Gasteiger charge is 2.44. The van der Waals surface area contributed by atoms with Crippen LogP contribution in [0.25, 0.3) is 0 Å². The van der Waals surface area contributed by atoms with Gasteiger partial charge in [-0.15, -0.1) is 23.5 Å². The van der Waals surface area contributed by atoms with Crippen LogP contribution < -0.4 is 5.73 Å². The lowest BCUT2D eigenvalue weighted by Crippen LogP contribution is -2.20. The third-order valence-corrected chi connectivity index (χ3v) is 5.19. The van der Waals surface area contributed by atoms with E-state index < -0.39 is 0 Å². The summed E-state index contributed by atoms with van der Waals surface area (Å²) in [5, 5.41) is 0. The third-order valence-electron chi connectivity index (χ3n) is 3.53. The quantitative estimate of drug-likeness (QED) is 0.833. The number of rotatable bonds is 4. The summed E-state index contributed by atoms with van der Waals surface area (Å²) in [6, 6.07) is 4.69. The molecule has 1 saturated carbocycles. The Bertz CT molecular complexity index is 397. The fourth-order valence-corrected chi connectivity index (χ4v) is 3.61. The Morgan fingerprint density at radius 3 is 2.25 bits per heavy atom. The van der Waals surface area contributed by atoms with Crippen molar-refractivity contribution in [3.05, 3.63) is 23.3 Å². The SMILES string of the molecule is CSc1cc(C2(CN)CC2)c(SC)cc1C. The van der Waals surface area contributed by atoms with Gasteiger partial charge in [0.1, 0.15) is 0 Å². The summed E-state index contributed by atoms with van der Waals surface area (Å²) in [5.74, 6) is 0. The maximum absolute atomic E-state index is 5.94. The molecule has 88 valence electrons. The van der Waals surface area contributed by atoms with E-state index in [0.29, 0.717) is 5.41 Å². The first-order chi connectivity index (χ1) is 7.66. The summed E-state index contributed by atoms with van der Waals surface area (Å²) >= 11 is 3.68. The Kier molecular flexibility index (Phi) is 3.57. The molecule has 0 aromatic heterocycles. The van der Waals surface area contributed by atoms with Gasteiger partial charge >= 0.3 is 0 Å². The van der Waals surface area contributed by atoms with Crippen LogP contribution in [0.15, 0.2) is 21.9 Å². The van der Waals surface area contributed by atoms with Crippen molar-refractivity contribution >= 4 is 23.5 Å². The molecule has 0 aliphatic heterocycles. The van der Waals surface area contributed by atoms with Crippen molar-refractivity contribution in [2.45, 2.75) is 35.0 Å². The molecule has 0 spiro atoms. The van der Waals surface area contributed by atoms with Gasteiger partial charge in [0.05, 0.1) is 0 Å². The summed E-state index contributed by atoms with van der Waals surface area (Å²) in [6.07, 6.45) is 6.82.